The first kappa shape index (κ1) is 13.7. The summed E-state index contributed by atoms with van der Waals surface area (Å²) in [6, 6.07) is -0.756. The lowest BCUT2D eigenvalue weighted by Crippen LogP contribution is -2.34. The Hall–Kier alpha value is -1.26. The lowest BCUT2D eigenvalue weighted by Gasteiger charge is -2.18. The summed E-state index contributed by atoms with van der Waals surface area (Å²) >= 11 is 0. The van der Waals surface area contributed by atoms with Gasteiger partial charge in [0.2, 0.25) is 0 Å². The highest BCUT2D eigenvalue weighted by atomic mass is 16.5. The van der Waals surface area contributed by atoms with Crippen molar-refractivity contribution in [1.29, 1.82) is 0 Å². The van der Waals surface area contributed by atoms with E-state index < -0.39 is 18.1 Å². The monoisotopic (exact) mass is 215 g/mol. The quantitative estimate of drug-likeness (QED) is 0.315. The maximum absolute atomic E-state index is 11.2. The summed E-state index contributed by atoms with van der Waals surface area (Å²) in [5.41, 5.74) is 8.31. The molecular formula is C9H17N3O3. The topological polar surface area (TPSA) is 95.3 Å². The normalized spacial score (nSPS) is 14.2. The molecule has 0 amide bonds. The molecule has 0 aliphatic carbocycles. The van der Waals surface area contributed by atoms with Crippen molar-refractivity contribution in [2.45, 2.75) is 39.3 Å². The second kappa shape index (κ2) is 7.09. The zero-order valence-electron chi connectivity index (χ0n) is 9.25. The summed E-state index contributed by atoms with van der Waals surface area (Å²) in [6.45, 7) is 5.67. The Balaban J connectivity index is 4.46. The van der Waals surface area contributed by atoms with Crippen LogP contribution in [0.25, 0.3) is 10.4 Å². The molecule has 0 aromatic carbocycles. The van der Waals surface area contributed by atoms with E-state index in [1.807, 2.05) is 13.8 Å². The smallest absolute Gasteiger partial charge is 0.335 e. The molecule has 0 fully saturated rings. The van der Waals surface area contributed by atoms with Crippen molar-refractivity contribution in [3.8, 4) is 0 Å². The van der Waals surface area contributed by atoms with Crippen LogP contribution in [0.2, 0.25) is 0 Å². The highest BCUT2D eigenvalue weighted by molar-refractivity contribution is 5.75. The lowest BCUT2D eigenvalue weighted by molar-refractivity contribution is -0.154. The number of esters is 1. The molecule has 0 radical (unpaired) electrons. The molecule has 15 heavy (non-hydrogen) atoms. The van der Waals surface area contributed by atoms with Crippen LogP contribution in [-0.2, 0) is 9.53 Å². The van der Waals surface area contributed by atoms with Crippen LogP contribution < -0.4 is 0 Å². The van der Waals surface area contributed by atoms with Gasteiger partial charge in [0.05, 0.1) is 12.6 Å². The van der Waals surface area contributed by atoms with Gasteiger partial charge >= 0.3 is 5.97 Å². The summed E-state index contributed by atoms with van der Waals surface area (Å²) in [4.78, 5) is 13.8. The Labute approximate surface area is 88.9 Å². The number of azide groups is 1. The molecule has 0 unspecified atom stereocenters. The number of aliphatic hydroxyl groups excluding tert-OH is 1. The van der Waals surface area contributed by atoms with E-state index in [0.717, 1.165) is 0 Å². The molecule has 86 valence electrons. The molecule has 0 heterocycles. The third-order valence-electron chi connectivity index (χ3n) is 1.81. The van der Waals surface area contributed by atoms with Gasteiger partial charge in [-0.05, 0) is 24.8 Å². The highest BCUT2D eigenvalue weighted by Gasteiger charge is 2.26. The summed E-state index contributed by atoms with van der Waals surface area (Å²) in [7, 11) is 0. The molecule has 0 aromatic heterocycles. The number of hydrogen-bond donors (Lipinski definition) is 1. The average molecular weight is 215 g/mol. The molecule has 0 saturated heterocycles. The molecule has 0 bridgehead atoms. The van der Waals surface area contributed by atoms with Gasteiger partial charge in [-0.25, -0.2) is 4.79 Å². The molecule has 0 aromatic rings. The first-order valence-electron chi connectivity index (χ1n) is 4.91. The molecule has 0 rings (SSSR count). The largest absolute Gasteiger partial charge is 0.464 e. The number of aliphatic hydroxyl groups is 1. The number of carbonyl (C=O) groups is 1. The molecule has 0 aliphatic rings. The summed E-state index contributed by atoms with van der Waals surface area (Å²) < 4.78 is 4.64. The zero-order chi connectivity index (χ0) is 11.8. The fourth-order valence-corrected chi connectivity index (χ4v) is 1.17. The second-order valence-electron chi connectivity index (χ2n) is 3.60. The van der Waals surface area contributed by atoms with Crippen molar-refractivity contribution in [3.05, 3.63) is 10.4 Å². The molecule has 6 nitrogen and oxygen atoms in total. The van der Waals surface area contributed by atoms with Gasteiger partial charge < -0.3 is 9.84 Å². The lowest BCUT2D eigenvalue weighted by atomic mass is 10.00. The van der Waals surface area contributed by atoms with E-state index in [2.05, 4.69) is 14.8 Å². The van der Waals surface area contributed by atoms with E-state index >= 15 is 0 Å². The predicted molar refractivity (Wildman–Crippen MR) is 55.0 cm³/mol. The second-order valence-corrected chi connectivity index (χ2v) is 3.60. The minimum Gasteiger partial charge on any atom is -0.464 e. The first-order chi connectivity index (χ1) is 7.02. The van der Waals surface area contributed by atoms with Crippen LogP contribution in [0.5, 0.6) is 0 Å². The maximum atomic E-state index is 11.2. The SMILES string of the molecule is CCOC(=O)[C@H](O)[C@@H](CC(C)C)N=[N+]=[N-]. The Morgan fingerprint density at radius 2 is 2.20 bits per heavy atom. The molecule has 0 saturated carbocycles. The molecule has 6 heteroatoms. The molecule has 2 atom stereocenters. The van der Waals surface area contributed by atoms with Crippen LogP contribution in [0.1, 0.15) is 27.2 Å². The standard InChI is InChI=1S/C9H17N3O3/c1-4-15-9(14)8(13)7(11-12-10)5-6(2)3/h6-8,13H,4-5H2,1-3H3/t7-,8-/m1/s1. The minimum atomic E-state index is -1.37. The van der Waals surface area contributed by atoms with Crippen LogP contribution >= 0.6 is 0 Å². The molecule has 1 N–H and O–H groups in total. The number of hydrogen-bond acceptors (Lipinski definition) is 4. The van der Waals surface area contributed by atoms with E-state index in [-0.39, 0.29) is 12.5 Å². The van der Waals surface area contributed by atoms with E-state index in [4.69, 9.17) is 5.53 Å². The minimum absolute atomic E-state index is 0.195. The number of nitrogens with zero attached hydrogens (tertiary/aromatic N) is 3. The Morgan fingerprint density at radius 3 is 2.60 bits per heavy atom. The van der Waals surface area contributed by atoms with Gasteiger partial charge in [-0.2, -0.15) is 0 Å². The summed E-state index contributed by atoms with van der Waals surface area (Å²) in [6.07, 6.45) is -0.924. The van der Waals surface area contributed by atoms with Crippen LogP contribution in [0.3, 0.4) is 0 Å². The Morgan fingerprint density at radius 1 is 1.60 bits per heavy atom. The third-order valence-corrected chi connectivity index (χ3v) is 1.81. The summed E-state index contributed by atoms with van der Waals surface area (Å²) in [5, 5.41) is 12.9. The first-order valence-corrected chi connectivity index (χ1v) is 4.91. The number of rotatable bonds is 6. The van der Waals surface area contributed by atoms with Crippen molar-refractivity contribution in [2.24, 2.45) is 11.0 Å². The van der Waals surface area contributed by atoms with Crippen LogP contribution in [0.4, 0.5) is 0 Å². The van der Waals surface area contributed by atoms with Gasteiger partial charge in [0.25, 0.3) is 0 Å². The van der Waals surface area contributed by atoms with Gasteiger partial charge in [0.15, 0.2) is 6.10 Å². The van der Waals surface area contributed by atoms with Crippen LogP contribution in [0, 0.1) is 5.92 Å². The molecule has 0 aliphatic heterocycles. The predicted octanol–water partition coefficient (Wildman–Crippen LogP) is 1.64. The van der Waals surface area contributed by atoms with Crippen molar-refractivity contribution in [2.75, 3.05) is 6.61 Å². The van der Waals surface area contributed by atoms with Crippen LogP contribution in [0.15, 0.2) is 5.11 Å². The van der Waals surface area contributed by atoms with E-state index in [1.54, 1.807) is 6.92 Å². The van der Waals surface area contributed by atoms with Crippen molar-refractivity contribution in [1.82, 2.24) is 0 Å². The van der Waals surface area contributed by atoms with Crippen molar-refractivity contribution >= 4 is 5.97 Å². The highest BCUT2D eigenvalue weighted by Crippen LogP contribution is 2.13. The zero-order valence-corrected chi connectivity index (χ0v) is 9.25. The van der Waals surface area contributed by atoms with Gasteiger partial charge in [-0.3, -0.25) is 0 Å². The molecule has 0 spiro atoms. The van der Waals surface area contributed by atoms with Crippen molar-refractivity contribution < 1.29 is 14.6 Å². The van der Waals surface area contributed by atoms with E-state index in [9.17, 15) is 9.90 Å². The Kier molecular flexibility index (Phi) is 6.49. The number of ether oxygens (including phenoxy) is 1. The fraction of sp³-hybridized carbons (Fsp3) is 0.889. The van der Waals surface area contributed by atoms with E-state index in [0.29, 0.717) is 6.42 Å². The van der Waals surface area contributed by atoms with E-state index in [1.165, 1.54) is 0 Å². The van der Waals surface area contributed by atoms with Gasteiger partial charge in [-0.1, -0.05) is 19.0 Å². The number of carbonyl (C=O) groups excluding carboxylic acids is 1. The summed E-state index contributed by atoms with van der Waals surface area (Å²) in [5.74, 6) is -0.514. The average Bonchev–Trinajstić information content (AvgIpc) is 2.16. The molecular weight excluding hydrogens is 198 g/mol. The van der Waals surface area contributed by atoms with Crippen molar-refractivity contribution in [3.63, 3.8) is 0 Å². The van der Waals surface area contributed by atoms with Gasteiger partial charge in [-0.15, -0.1) is 0 Å². The fourth-order valence-electron chi connectivity index (χ4n) is 1.17. The van der Waals surface area contributed by atoms with Gasteiger partial charge in [0, 0.05) is 4.91 Å². The maximum Gasteiger partial charge on any atom is 0.335 e. The third kappa shape index (κ3) is 5.24. The van der Waals surface area contributed by atoms with Crippen LogP contribution in [-0.4, -0.2) is 29.8 Å². The Bertz CT molecular complexity index is 249. The van der Waals surface area contributed by atoms with Gasteiger partial charge in [0.1, 0.15) is 0 Å².